The summed E-state index contributed by atoms with van der Waals surface area (Å²) in [4.78, 5) is 18.6. The number of ether oxygens (including phenoxy) is 1. The Bertz CT molecular complexity index is 1540. The minimum Gasteiger partial charge on any atom is -0.496 e. The SMILES string of the molecule is COc1ccccc1C(c1cccc2ccccc12)C(C)(C#N)C(=O)N1CCN(c2ccc(C)c(C)c2)CC1. The molecule has 39 heavy (non-hydrogen) atoms. The first-order chi connectivity index (χ1) is 18.9. The van der Waals surface area contributed by atoms with Crippen LogP contribution < -0.4 is 9.64 Å². The summed E-state index contributed by atoms with van der Waals surface area (Å²) in [6, 6.07) is 31.0. The number of nitrogens with zero attached hydrogens (tertiary/aromatic N) is 3. The summed E-state index contributed by atoms with van der Waals surface area (Å²) < 4.78 is 5.76. The highest BCUT2D eigenvalue weighted by molar-refractivity contribution is 5.91. The Morgan fingerprint density at radius 1 is 0.872 bits per heavy atom. The van der Waals surface area contributed by atoms with E-state index in [-0.39, 0.29) is 5.91 Å². The molecule has 198 valence electrons. The van der Waals surface area contributed by atoms with Crippen LogP contribution in [-0.4, -0.2) is 44.1 Å². The van der Waals surface area contributed by atoms with Crippen molar-refractivity contribution in [1.82, 2.24) is 4.90 Å². The van der Waals surface area contributed by atoms with Gasteiger partial charge in [0, 0.05) is 43.3 Å². The zero-order valence-corrected chi connectivity index (χ0v) is 23.1. The normalized spacial score (nSPS) is 15.9. The summed E-state index contributed by atoms with van der Waals surface area (Å²) in [6.07, 6.45) is 0. The summed E-state index contributed by atoms with van der Waals surface area (Å²) in [5.74, 6) is 0.00729. The maximum absolute atomic E-state index is 14.4. The van der Waals surface area contributed by atoms with Crippen molar-refractivity contribution in [2.45, 2.75) is 26.7 Å². The van der Waals surface area contributed by atoms with Crippen molar-refractivity contribution < 1.29 is 9.53 Å². The summed E-state index contributed by atoms with van der Waals surface area (Å²) in [5.41, 5.74) is 4.15. The molecule has 0 radical (unpaired) electrons. The highest BCUT2D eigenvalue weighted by Gasteiger charge is 2.47. The Morgan fingerprint density at radius 2 is 1.54 bits per heavy atom. The molecule has 5 heteroatoms. The van der Waals surface area contributed by atoms with Crippen molar-refractivity contribution in [3.05, 3.63) is 107 Å². The van der Waals surface area contributed by atoms with Crippen molar-refractivity contribution in [2.24, 2.45) is 5.41 Å². The third kappa shape index (κ3) is 4.83. The smallest absolute Gasteiger partial charge is 0.243 e. The van der Waals surface area contributed by atoms with Gasteiger partial charge in [0.2, 0.25) is 5.91 Å². The minimum absolute atomic E-state index is 0.145. The zero-order valence-electron chi connectivity index (χ0n) is 23.1. The molecule has 4 aromatic carbocycles. The summed E-state index contributed by atoms with van der Waals surface area (Å²) >= 11 is 0. The molecule has 1 heterocycles. The number of amides is 1. The van der Waals surface area contributed by atoms with Crippen molar-refractivity contribution in [3.8, 4) is 11.8 Å². The highest BCUT2D eigenvalue weighted by Crippen LogP contribution is 2.47. The standard InChI is InChI=1S/C34H35N3O2/c1-24-16-17-27(22-25(24)2)36-18-20-37(21-19-36)33(38)34(3,23-35)32(30-13-7-8-15-31(30)39-4)29-14-9-11-26-10-5-6-12-28(26)29/h5-17,22,32H,18-21H2,1-4H3. The second kappa shape index (κ2) is 10.8. The van der Waals surface area contributed by atoms with Gasteiger partial charge in [-0.15, -0.1) is 0 Å². The molecule has 5 rings (SSSR count). The maximum Gasteiger partial charge on any atom is 0.243 e. The van der Waals surface area contributed by atoms with Crippen molar-refractivity contribution >= 4 is 22.4 Å². The molecule has 0 saturated carbocycles. The lowest BCUT2D eigenvalue weighted by Gasteiger charge is -2.41. The summed E-state index contributed by atoms with van der Waals surface area (Å²) in [5, 5.41) is 12.9. The van der Waals surface area contributed by atoms with E-state index in [1.165, 1.54) is 16.8 Å². The average molecular weight is 518 g/mol. The second-order valence-corrected chi connectivity index (χ2v) is 10.6. The van der Waals surface area contributed by atoms with Crippen LogP contribution in [0.25, 0.3) is 10.8 Å². The average Bonchev–Trinajstić information content (AvgIpc) is 2.98. The summed E-state index contributed by atoms with van der Waals surface area (Å²) in [6.45, 7) is 8.62. The number of methoxy groups -OCH3 is 1. The number of nitriles is 1. The first-order valence-corrected chi connectivity index (χ1v) is 13.5. The molecule has 0 aromatic heterocycles. The van der Waals surface area contributed by atoms with Gasteiger partial charge in [-0.2, -0.15) is 5.26 Å². The highest BCUT2D eigenvalue weighted by atomic mass is 16.5. The van der Waals surface area contributed by atoms with Crippen LogP contribution in [-0.2, 0) is 4.79 Å². The van der Waals surface area contributed by atoms with Gasteiger partial charge in [0.25, 0.3) is 0 Å². The van der Waals surface area contributed by atoms with E-state index in [1.54, 1.807) is 14.0 Å². The lowest BCUT2D eigenvalue weighted by molar-refractivity contribution is -0.139. The molecule has 2 atom stereocenters. The lowest BCUT2D eigenvalue weighted by atomic mass is 9.68. The Hall–Kier alpha value is -4.30. The number of anilines is 1. The number of aryl methyl sites for hydroxylation is 2. The fourth-order valence-corrected chi connectivity index (χ4v) is 5.85. The molecule has 5 nitrogen and oxygen atoms in total. The monoisotopic (exact) mass is 517 g/mol. The van der Waals surface area contributed by atoms with Crippen molar-refractivity contribution in [3.63, 3.8) is 0 Å². The van der Waals surface area contributed by atoms with Gasteiger partial charge in [-0.25, -0.2) is 0 Å². The molecule has 4 aromatic rings. The molecule has 1 aliphatic rings. The van der Waals surface area contributed by atoms with E-state index in [2.05, 4.69) is 61.2 Å². The number of para-hydroxylation sites is 1. The number of carbonyl (C=O) groups is 1. The molecule has 1 saturated heterocycles. The van der Waals surface area contributed by atoms with Gasteiger partial charge in [-0.1, -0.05) is 66.7 Å². The third-order valence-electron chi connectivity index (χ3n) is 8.26. The minimum atomic E-state index is -1.35. The molecular formula is C34H35N3O2. The number of benzene rings is 4. The van der Waals surface area contributed by atoms with E-state index in [0.717, 1.165) is 35.0 Å². The first kappa shape index (κ1) is 26.3. The van der Waals surface area contributed by atoms with Crippen molar-refractivity contribution in [2.75, 3.05) is 38.2 Å². The van der Waals surface area contributed by atoms with Crippen LogP contribution in [0.2, 0.25) is 0 Å². The molecular weight excluding hydrogens is 482 g/mol. The van der Waals surface area contributed by atoms with Crippen LogP contribution in [0, 0.1) is 30.6 Å². The van der Waals surface area contributed by atoms with Gasteiger partial charge in [-0.3, -0.25) is 4.79 Å². The fourth-order valence-electron chi connectivity index (χ4n) is 5.85. The first-order valence-electron chi connectivity index (χ1n) is 13.5. The molecule has 0 bridgehead atoms. The summed E-state index contributed by atoms with van der Waals surface area (Å²) in [7, 11) is 1.64. The largest absolute Gasteiger partial charge is 0.496 e. The van der Waals surface area contributed by atoms with Crippen molar-refractivity contribution in [1.29, 1.82) is 5.26 Å². The fraction of sp³-hybridized carbons (Fsp3) is 0.294. The van der Waals surface area contributed by atoms with Gasteiger partial charge in [0.1, 0.15) is 11.2 Å². The van der Waals surface area contributed by atoms with E-state index in [4.69, 9.17) is 4.74 Å². The Balaban J connectivity index is 1.53. The number of hydrogen-bond donors (Lipinski definition) is 0. The van der Waals surface area contributed by atoms with Crippen LogP contribution in [0.4, 0.5) is 5.69 Å². The Morgan fingerprint density at radius 3 is 2.26 bits per heavy atom. The topological polar surface area (TPSA) is 56.6 Å². The van der Waals surface area contributed by atoms with Crippen LogP contribution >= 0.6 is 0 Å². The molecule has 0 aliphatic carbocycles. The third-order valence-corrected chi connectivity index (χ3v) is 8.26. The Labute approximate surface area is 231 Å². The predicted molar refractivity (Wildman–Crippen MR) is 157 cm³/mol. The molecule has 1 fully saturated rings. The van der Waals surface area contributed by atoms with Gasteiger partial charge < -0.3 is 14.5 Å². The molecule has 1 aliphatic heterocycles. The molecule has 2 unspecified atom stereocenters. The molecule has 1 amide bonds. The number of fused-ring (bicyclic) bond motifs is 1. The molecule has 0 spiro atoms. The van der Waals surface area contributed by atoms with E-state index in [0.29, 0.717) is 18.8 Å². The number of hydrogen-bond acceptors (Lipinski definition) is 4. The lowest BCUT2D eigenvalue weighted by Crippen LogP contribution is -2.53. The van der Waals surface area contributed by atoms with E-state index in [9.17, 15) is 10.1 Å². The zero-order chi connectivity index (χ0) is 27.6. The van der Waals surface area contributed by atoms with Gasteiger partial charge >= 0.3 is 0 Å². The number of piperazine rings is 1. The number of carbonyl (C=O) groups excluding carboxylic acids is 1. The van der Waals surface area contributed by atoms with Crippen LogP contribution in [0.3, 0.4) is 0 Å². The van der Waals surface area contributed by atoms with Gasteiger partial charge in [0.05, 0.1) is 13.2 Å². The maximum atomic E-state index is 14.4. The Kier molecular flexibility index (Phi) is 7.30. The predicted octanol–water partition coefficient (Wildman–Crippen LogP) is 6.48. The van der Waals surface area contributed by atoms with Crippen LogP contribution in [0.1, 0.15) is 35.1 Å². The quantitative estimate of drug-likeness (QED) is 0.294. The molecule has 0 N–H and O–H groups in total. The van der Waals surface area contributed by atoms with Gasteiger partial charge in [0.15, 0.2) is 0 Å². The second-order valence-electron chi connectivity index (χ2n) is 10.6. The van der Waals surface area contributed by atoms with Crippen LogP contribution in [0.15, 0.2) is 84.9 Å². The van der Waals surface area contributed by atoms with E-state index >= 15 is 0 Å². The van der Waals surface area contributed by atoms with E-state index < -0.39 is 11.3 Å². The number of rotatable bonds is 6. The van der Waals surface area contributed by atoms with Gasteiger partial charge in [-0.05, 0) is 66.4 Å². The van der Waals surface area contributed by atoms with E-state index in [1.807, 2.05) is 53.4 Å². The van der Waals surface area contributed by atoms with Crippen LogP contribution in [0.5, 0.6) is 5.75 Å².